The Morgan fingerprint density at radius 3 is 2.38 bits per heavy atom. The maximum absolute atomic E-state index is 14.2. The van der Waals surface area contributed by atoms with Crippen LogP contribution < -0.4 is 16.2 Å². The van der Waals surface area contributed by atoms with Gasteiger partial charge in [0.15, 0.2) is 0 Å². The van der Waals surface area contributed by atoms with E-state index in [2.05, 4.69) is 15.1 Å². The van der Waals surface area contributed by atoms with Gasteiger partial charge >= 0.3 is 12.1 Å². The molecular formula is C25H23F3N6O3. The molecule has 1 unspecified atom stereocenters. The lowest BCUT2D eigenvalue weighted by Crippen LogP contribution is -2.32. The topological polar surface area (TPSA) is 142 Å². The monoisotopic (exact) mass is 512 g/mol. The fraction of sp³-hybridized carbons (Fsp3) is 0.200. The van der Waals surface area contributed by atoms with Crippen molar-refractivity contribution in [3.63, 3.8) is 0 Å². The Balaban J connectivity index is 1.66. The normalized spacial score (nSPS) is 13.2. The summed E-state index contributed by atoms with van der Waals surface area (Å²) in [4.78, 5) is 18.9. The Labute approximate surface area is 209 Å². The zero-order valence-electron chi connectivity index (χ0n) is 19.6. The van der Waals surface area contributed by atoms with E-state index in [0.717, 1.165) is 6.20 Å². The number of ether oxygens (including phenoxy) is 1. The summed E-state index contributed by atoms with van der Waals surface area (Å²) in [7, 11) is 1.55. The molecule has 4 rings (SSSR count). The van der Waals surface area contributed by atoms with Gasteiger partial charge in [-0.25, -0.2) is 4.98 Å². The fourth-order valence-electron chi connectivity index (χ4n) is 3.83. The first-order valence-electron chi connectivity index (χ1n) is 11.1. The number of hydrogen-bond acceptors (Lipinski definition) is 7. The zero-order valence-corrected chi connectivity index (χ0v) is 19.6. The molecule has 0 aliphatic heterocycles. The molecule has 5 N–H and O–H groups in total. The molecule has 0 fully saturated rings. The SMILES string of the molecule is Cn1ncc(C(Oc2cc(-c3ccc(C[C@H](N)C(=O)O)cc3)nc(N)n2)C(F)(F)F)c1-c1ccccc1. The van der Waals surface area contributed by atoms with Gasteiger partial charge in [-0.15, -0.1) is 0 Å². The van der Waals surface area contributed by atoms with Gasteiger partial charge in [-0.05, 0) is 12.0 Å². The van der Waals surface area contributed by atoms with Crippen LogP contribution in [0.4, 0.5) is 19.1 Å². The molecule has 192 valence electrons. The van der Waals surface area contributed by atoms with Crippen molar-refractivity contribution in [3.8, 4) is 28.4 Å². The smallest absolute Gasteiger partial charge is 0.429 e. The largest absolute Gasteiger partial charge is 0.480 e. The van der Waals surface area contributed by atoms with E-state index in [1.807, 2.05) is 0 Å². The molecule has 2 atom stereocenters. The lowest BCUT2D eigenvalue weighted by Gasteiger charge is -2.22. The number of halogens is 3. The number of aliphatic carboxylic acids is 1. The Hall–Kier alpha value is -4.45. The Morgan fingerprint density at radius 1 is 1.08 bits per heavy atom. The minimum atomic E-state index is -4.79. The van der Waals surface area contributed by atoms with Gasteiger partial charge in [0.2, 0.25) is 17.9 Å². The number of benzene rings is 2. The molecule has 0 bridgehead atoms. The molecule has 37 heavy (non-hydrogen) atoms. The highest BCUT2D eigenvalue weighted by molar-refractivity contribution is 5.73. The highest BCUT2D eigenvalue weighted by Gasteiger charge is 2.45. The maximum atomic E-state index is 14.2. The summed E-state index contributed by atoms with van der Waals surface area (Å²) < 4.78 is 49.5. The van der Waals surface area contributed by atoms with Crippen molar-refractivity contribution in [2.24, 2.45) is 12.8 Å². The summed E-state index contributed by atoms with van der Waals surface area (Å²) >= 11 is 0. The van der Waals surface area contributed by atoms with Crippen LogP contribution in [0.2, 0.25) is 0 Å². The van der Waals surface area contributed by atoms with Gasteiger partial charge in [0.25, 0.3) is 0 Å². The van der Waals surface area contributed by atoms with Gasteiger partial charge < -0.3 is 21.3 Å². The van der Waals surface area contributed by atoms with Gasteiger partial charge in [-0.3, -0.25) is 9.48 Å². The molecule has 12 heteroatoms. The van der Waals surface area contributed by atoms with E-state index in [1.165, 1.54) is 10.7 Å². The second kappa shape index (κ2) is 10.3. The van der Waals surface area contributed by atoms with Gasteiger partial charge in [0.1, 0.15) is 6.04 Å². The molecule has 0 saturated heterocycles. The molecule has 0 amide bonds. The second-order valence-electron chi connectivity index (χ2n) is 8.27. The summed E-state index contributed by atoms with van der Waals surface area (Å²) in [6.45, 7) is 0. The highest BCUT2D eigenvalue weighted by Crippen LogP contribution is 2.41. The van der Waals surface area contributed by atoms with Gasteiger partial charge in [-0.2, -0.15) is 23.3 Å². The molecule has 0 aliphatic rings. The van der Waals surface area contributed by atoms with E-state index in [0.29, 0.717) is 16.7 Å². The zero-order chi connectivity index (χ0) is 26.7. The molecule has 0 radical (unpaired) electrons. The second-order valence-corrected chi connectivity index (χ2v) is 8.27. The number of carbonyl (C=O) groups is 1. The number of carboxylic acids is 1. The van der Waals surface area contributed by atoms with Gasteiger partial charge in [0.05, 0.1) is 17.6 Å². The molecule has 2 aromatic carbocycles. The van der Waals surface area contributed by atoms with E-state index >= 15 is 0 Å². The predicted molar refractivity (Wildman–Crippen MR) is 129 cm³/mol. The first-order chi connectivity index (χ1) is 17.5. The molecule has 0 spiro atoms. The third kappa shape index (κ3) is 5.86. The van der Waals surface area contributed by atoms with Crippen LogP contribution in [-0.4, -0.2) is 43.0 Å². The standard InChI is InChI=1S/C25H23F3N6O3/c1-34-21(16-5-3-2-4-6-16)17(13-31-34)22(25(26,27)28)37-20-12-19(32-24(30)33-20)15-9-7-14(8-10-15)11-18(29)23(35)36/h2-10,12-13,18,22H,11,29H2,1H3,(H,35,36)(H2,30,32,33)/t18-,22?/m0/s1. The number of aromatic nitrogens is 4. The molecule has 9 nitrogen and oxygen atoms in total. The number of rotatable bonds is 8. The van der Waals surface area contributed by atoms with Gasteiger partial charge in [0, 0.05) is 29.8 Å². The number of anilines is 1. The Kier molecular flexibility index (Phi) is 7.11. The van der Waals surface area contributed by atoms with E-state index in [4.69, 9.17) is 21.3 Å². The summed E-state index contributed by atoms with van der Waals surface area (Å²) in [5.74, 6) is -1.78. The number of aryl methyl sites for hydroxylation is 1. The van der Waals surface area contributed by atoms with E-state index in [9.17, 15) is 18.0 Å². The molecule has 4 aromatic rings. The lowest BCUT2D eigenvalue weighted by molar-refractivity contribution is -0.198. The predicted octanol–water partition coefficient (Wildman–Crippen LogP) is 3.76. The van der Waals surface area contributed by atoms with Crippen LogP contribution in [0.25, 0.3) is 22.5 Å². The molecular weight excluding hydrogens is 489 g/mol. The van der Waals surface area contributed by atoms with Crippen LogP contribution in [0.3, 0.4) is 0 Å². The maximum Gasteiger partial charge on any atom is 0.429 e. The summed E-state index contributed by atoms with van der Waals surface area (Å²) in [5, 5.41) is 13.0. The third-order valence-corrected chi connectivity index (χ3v) is 5.58. The first-order valence-corrected chi connectivity index (χ1v) is 11.1. The molecule has 0 saturated carbocycles. The minimum absolute atomic E-state index is 0.109. The summed E-state index contributed by atoms with van der Waals surface area (Å²) in [6.07, 6.45) is -5.94. The number of nitrogens with two attached hydrogens (primary N) is 2. The van der Waals surface area contributed by atoms with Crippen molar-refractivity contribution in [3.05, 3.63) is 78.0 Å². The van der Waals surface area contributed by atoms with E-state index < -0.39 is 24.3 Å². The molecule has 0 aliphatic carbocycles. The van der Waals surface area contributed by atoms with Crippen molar-refractivity contribution in [1.82, 2.24) is 19.7 Å². The summed E-state index contributed by atoms with van der Waals surface area (Å²) in [6, 6.07) is 15.3. The molecule has 2 aromatic heterocycles. The van der Waals surface area contributed by atoms with Crippen LogP contribution in [0, 0.1) is 0 Å². The number of hydrogen-bond donors (Lipinski definition) is 3. The minimum Gasteiger partial charge on any atom is -0.480 e. The number of carboxylic acid groups (broad SMARTS) is 1. The van der Waals surface area contributed by atoms with E-state index in [-0.39, 0.29) is 35.2 Å². The molecule has 2 heterocycles. The van der Waals surface area contributed by atoms with Gasteiger partial charge in [-0.1, -0.05) is 54.6 Å². The first kappa shape index (κ1) is 25.6. The number of nitrogen functional groups attached to an aromatic ring is 1. The van der Waals surface area contributed by atoms with Crippen molar-refractivity contribution in [1.29, 1.82) is 0 Å². The summed E-state index contributed by atoms with van der Waals surface area (Å²) in [5.41, 5.74) is 13.4. The van der Waals surface area contributed by atoms with Crippen LogP contribution in [0.5, 0.6) is 5.88 Å². The Morgan fingerprint density at radius 2 is 1.76 bits per heavy atom. The fourth-order valence-corrected chi connectivity index (χ4v) is 3.83. The van der Waals surface area contributed by atoms with Crippen molar-refractivity contribution < 1.29 is 27.8 Å². The van der Waals surface area contributed by atoms with Crippen molar-refractivity contribution in [2.45, 2.75) is 24.7 Å². The number of nitrogens with zero attached hydrogens (tertiary/aromatic N) is 4. The quantitative estimate of drug-likeness (QED) is 0.324. The van der Waals surface area contributed by atoms with Crippen LogP contribution in [-0.2, 0) is 18.3 Å². The number of alkyl halides is 3. The van der Waals surface area contributed by atoms with Crippen LogP contribution in [0.15, 0.2) is 66.9 Å². The van der Waals surface area contributed by atoms with Crippen molar-refractivity contribution >= 4 is 11.9 Å². The highest BCUT2D eigenvalue weighted by atomic mass is 19.4. The lowest BCUT2D eigenvalue weighted by atomic mass is 10.0. The third-order valence-electron chi connectivity index (χ3n) is 5.58. The van der Waals surface area contributed by atoms with E-state index in [1.54, 1.807) is 61.6 Å². The average molecular weight is 512 g/mol. The van der Waals surface area contributed by atoms with Crippen LogP contribution >= 0.6 is 0 Å². The Bertz CT molecular complexity index is 1390. The van der Waals surface area contributed by atoms with Crippen molar-refractivity contribution in [2.75, 3.05) is 5.73 Å². The van der Waals surface area contributed by atoms with Crippen LogP contribution in [0.1, 0.15) is 17.2 Å². The average Bonchev–Trinajstić information content (AvgIpc) is 3.23.